The number of hydrogen-bond acceptors (Lipinski definition) is 35. The number of amides is 4. The molecule has 0 aliphatic heterocycles. The normalized spacial score (nSPS) is 12.8. The van der Waals surface area contributed by atoms with Gasteiger partial charge in [-0.25, -0.2) is 4.79 Å². The number of carbonyl (C=O) groups is 13. The second-order valence-corrected chi connectivity index (χ2v) is 41.9. The second-order valence-electron chi connectivity index (χ2n) is 41.9. The molecule has 1 rings (SSSR count). The molecular weight excluding hydrogens is 1770 g/mol. The Labute approximate surface area is 799 Å². The quantitative estimate of drug-likeness (QED) is 0.0267. The molecule has 1 aromatic carbocycles. The van der Waals surface area contributed by atoms with E-state index in [9.17, 15) is 62.3 Å². The molecule has 0 aliphatic carbocycles. The molecule has 0 unspecified atom stereocenters. The Kier molecular flexibility index (Phi) is 55.9. The molecule has 0 aromatic heterocycles. The van der Waals surface area contributed by atoms with E-state index < -0.39 is 209 Å². The Balaban J connectivity index is 4.38. The van der Waals surface area contributed by atoms with Gasteiger partial charge in [0.2, 0.25) is 17.7 Å². The highest BCUT2D eigenvalue weighted by atomic mass is 16.6. The first-order valence-corrected chi connectivity index (χ1v) is 46.0. The van der Waals surface area contributed by atoms with E-state index in [1.54, 1.807) is 217 Å². The Morgan fingerprint density at radius 2 is 0.341 bits per heavy atom. The lowest BCUT2D eigenvalue weighted by Gasteiger charge is -2.35. The largest absolute Gasteiger partial charge is 0.460 e. The van der Waals surface area contributed by atoms with Crippen LogP contribution in [0.2, 0.25) is 0 Å². The summed E-state index contributed by atoms with van der Waals surface area (Å²) >= 11 is 0. The number of esters is 9. The first kappa shape index (κ1) is 125. The zero-order chi connectivity index (χ0) is 103. The number of nitrogens with one attached hydrogen (secondary N) is 4. The van der Waals surface area contributed by atoms with Gasteiger partial charge in [0.25, 0.3) is 0 Å². The van der Waals surface area contributed by atoms with Crippen LogP contribution in [-0.4, -0.2) is 309 Å². The standard InChI is InChI=1S/C96H164N4O35/c1-84(2,3)127-74(104)36-48-117-58-93(59-118-49-37-75(105)128-85(4,5)6,60-119-50-38-76(106)129-86(7,8)9)97-71(101)33-45-114-67-96(100-83(113)126-57-70-31-29-28-30-32-70,68-115-46-34-72(102)98-94(61-120-51-39-77(107)130-87(10,11)12,62-121-52-40-78(108)131-88(13,14)15)63-122-53-41-79(109)132-89(16,17)18)69-116-47-35-73(103)99-95(64-123-54-42-80(110)133-90(19,20)21,65-124-55-43-81(111)134-91(22,23)24)66-125-56-44-82(112)135-92(25,26)27/h28-32H,33-69H2,1-27H3,(H,97,101)(H,98,102)(H,99,103)(H,100,113). The molecule has 0 spiro atoms. The number of carbonyl (C=O) groups excluding carboxylic acids is 13. The van der Waals surface area contributed by atoms with E-state index >= 15 is 0 Å². The van der Waals surface area contributed by atoms with Gasteiger partial charge in [-0.05, 0) is 193 Å². The van der Waals surface area contributed by atoms with E-state index in [-0.39, 0.29) is 183 Å². The molecule has 778 valence electrons. The lowest BCUT2D eigenvalue weighted by molar-refractivity contribution is -0.159. The van der Waals surface area contributed by atoms with E-state index in [0.29, 0.717) is 5.56 Å². The van der Waals surface area contributed by atoms with Crippen molar-refractivity contribution in [1.82, 2.24) is 21.3 Å². The summed E-state index contributed by atoms with van der Waals surface area (Å²) in [5.41, 5.74) is -13.7. The average molecular weight is 1930 g/mol. The summed E-state index contributed by atoms with van der Waals surface area (Å²) in [6.07, 6.45) is -4.32. The monoisotopic (exact) mass is 1930 g/mol. The molecule has 39 heteroatoms. The third-order valence-electron chi connectivity index (χ3n) is 16.6. The Morgan fingerprint density at radius 3 is 0.489 bits per heavy atom. The van der Waals surface area contributed by atoms with Crippen molar-refractivity contribution in [3.63, 3.8) is 0 Å². The van der Waals surface area contributed by atoms with E-state index in [2.05, 4.69) is 21.3 Å². The third kappa shape index (κ3) is 70.0. The number of rotatable bonds is 66. The van der Waals surface area contributed by atoms with Gasteiger partial charge < -0.3 is 125 Å². The summed E-state index contributed by atoms with van der Waals surface area (Å²) < 4.78 is 129. The van der Waals surface area contributed by atoms with Gasteiger partial charge in [-0.3, -0.25) is 57.5 Å². The average Bonchev–Trinajstić information content (AvgIpc) is 0.859. The fourth-order valence-corrected chi connectivity index (χ4v) is 11.6. The van der Waals surface area contributed by atoms with E-state index in [0.717, 1.165) is 0 Å². The highest BCUT2D eigenvalue weighted by molar-refractivity contribution is 5.79. The van der Waals surface area contributed by atoms with Crippen molar-refractivity contribution in [3.8, 4) is 0 Å². The second kappa shape index (κ2) is 60.5. The molecule has 0 fully saturated rings. The predicted octanol–water partition coefficient (Wildman–Crippen LogP) is 10.2. The summed E-state index contributed by atoms with van der Waals surface area (Å²) in [5.74, 6) is -7.35. The Morgan fingerprint density at radius 1 is 0.200 bits per heavy atom. The van der Waals surface area contributed by atoms with Gasteiger partial charge in [0.1, 0.15) is 79.2 Å². The highest BCUT2D eigenvalue weighted by Gasteiger charge is 2.41. The molecule has 1 aromatic rings. The van der Waals surface area contributed by atoms with Crippen molar-refractivity contribution in [3.05, 3.63) is 35.9 Å². The molecule has 0 atom stereocenters. The van der Waals surface area contributed by atoms with Crippen LogP contribution in [0, 0.1) is 0 Å². The molecule has 4 N–H and O–H groups in total. The van der Waals surface area contributed by atoms with Crippen molar-refractivity contribution in [1.29, 1.82) is 0 Å². The minimum atomic E-state index is -1.90. The zero-order valence-corrected chi connectivity index (χ0v) is 85.8. The lowest BCUT2D eigenvalue weighted by atomic mass is 10.0. The topological polar surface area (TPSA) is 473 Å². The fourth-order valence-electron chi connectivity index (χ4n) is 11.6. The van der Waals surface area contributed by atoms with Crippen LogP contribution in [0.3, 0.4) is 0 Å². The maximum atomic E-state index is 14.7. The molecule has 39 nitrogen and oxygen atoms in total. The highest BCUT2D eigenvalue weighted by Crippen LogP contribution is 2.23. The van der Waals surface area contributed by atoms with Crippen LogP contribution < -0.4 is 21.3 Å². The summed E-state index contributed by atoms with van der Waals surface area (Å²) in [5, 5.41) is 11.7. The Bertz CT molecular complexity index is 3120. The first-order chi connectivity index (χ1) is 62.2. The van der Waals surface area contributed by atoms with Crippen molar-refractivity contribution < 1.29 is 167 Å². The van der Waals surface area contributed by atoms with Crippen molar-refractivity contribution in [2.75, 3.05) is 159 Å². The van der Waals surface area contributed by atoms with Crippen LogP contribution in [0.4, 0.5) is 4.79 Å². The number of ether oxygens (including phenoxy) is 22. The van der Waals surface area contributed by atoms with Crippen LogP contribution in [0.15, 0.2) is 30.3 Å². The smallest absolute Gasteiger partial charge is 0.408 e. The van der Waals surface area contributed by atoms with Crippen molar-refractivity contribution >= 4 is 77.5 Å². The molecule has 0 bridgehead atoms. The SMILES string of the molecule is CC(C)(C)OC(=O)CCOCC(COCCC(=O)OC(C)(C)C)(COCCC(=O)OC(C)(C)C)NC(=O)CCOCC(COCCC(=O)NC(COCCC(=O)OC(C)(C)C)(COCCC(=O)OC(C)(C)C)COCCC(=O)OC(C)(C)C)(COCCC(=O)NC(COCCC(=O)OC(C)(C)C)(COCCC(=O)OC(C)(C)C)COCCC(=O)OC(C)(C)C)NC(=O)OCc1ccccc1. The molecule has 0 radical (unpaired) electrons. The minimum Gasteiger partial charge on any atom is -0.460 e. The van der Waals surface area contributed by atoms with Crippen LogP contribution in [-0.2, 0) is 168 Å². The van der Waals surface area contributed by atoms with Gasteiger partial charge >= 0.3 is 59.8 Å². The third-order valence-corrected chi connectivity index (χ3v) is 16.6. The maximum Gasteiger partial charge on any atom is 0.408 e. The molecule has 0 heterocycles. The van der Waals surface area contributed by atoms with Gasteiger partial charge in [-0.15, -0.1) is 0 Å². The number of hydrogen-bond donors (Lipinski definition) is 4. The van der Waals surface area contributed by atoms with E-state index in [1.807, 2.05) is 0 Å². The lowest BCUT2D eigenvalue weighted by Crippen LogP contribution is -2.60. The molecule has 4 amide bonds. The molecular formula is C96H164N4O35. The van der Waals surface area contributed by atoms with Gasteiger partial charge in [0.15, 0.2) is 0 Å². The summed E-state index contributed by atoms with van der Waals surface area (Å²) in [6, 6.07) is 8.65. The minimum absolute atomic E-state index is 0.209. The first-order valence-electron chi connectivity index (χ1n) is 46.0. The molecule has 0 saturated heterocycles. The van der Waals surface area contributed by atoms with Crippen molar-refractivity contribution in [2.24, 2.45) is 0 Å². The van der Waals surface area contributed by atoms with Crippen molar-refractivity contribution in [2.45, 2.75) is 343 Å². The van der Waals surface area contributed by atoms with Crippen LogP contribution >= 0.6 is 0 Å². The van der Waals surface area contributed by atoms with Crippen LogP contribution in [0.25, 0.3) is 0 Å². The van der Waals surface area contributed by atoms with Gasteiger partial charge in [-0.1, -0.05) is 30.3 Å². The van der Waals surface area contributed by atoms with Gasteiger partial charge in [0, 0.05) is 19.3 Å². The van der Waals surface area contributed by atoms with Gasteiger partial charge in [-0.2, -0.15) is 0 Å². The fraction of sp³-hybridized carbons (Fsp3) is 0.802. The van der Waals surface area contributed by atoms with E-state index in [4.69, 9.17) is 104 Å². The molecule has 0 saturated carbocycles. The summed E-state index contributed by atoms with van der Waals surface area (Å²) in [6.45, 7) is 37.4. The summed E-state index contributed by atoms with van der Waals surface area (Å²) in [4.78, 5) is 175. The summed E-state index contributed by atoms with van der Waals surface area (Å²) in [7, 11) is 0. The van der Waals surface area contributed by atoms with Crippen LogP contribution in [0.5, 0.6) is 0 Å². The Hall–Kier alpha value is -8.35. The van der Waals surface area contributed by atoms with Gasteiger partial charge in [0.05, 0.1) is 216 Å². The number of alkyl carbamates (subject to hydrolysis) is 1. The van der Waals surface area contributed by atoms with Crippen LogP contribution in [0.1, 0.15) is 270 Å². The molecule has 135 heavy (non-hydrogen) atoms. The van der Waals surface area contributed by atoms with E-state index in [1.165, 1.54) is 0 Å². The number of benzene rings is 1. The zero-order valence-electron chi connectivity index (χ0n) is 85.8. The maximum absolute atomic E-state index is 14.7. The molecule has 0 aliphatic rings. The predicted molar refractivity (Wildman–Crippen MR) is 493 cm³/mol.